The van der Waals surface area contributed by atoms with Crippen molar-refractivity contribution in [3.8, 4) is 0 Å². The minimum atomic E-state index is -0.219. The van der Waals surface area contributed by atoms with Crippen LogP contribution in [-0.4, -0.2) is 23.9 Å². The van der Waals surface area contributed by atoms with Crippen LogP contribution < -0.4 is 5.73 Å². The number of hydrogen-bond acceptors (Lipinski definition) is 1. The second kappa shape index (κ2) is 6.38. The molecule has 2 rings (SSSR count). The van der Waals surface area contributed by atoms with E-state index in [4.69, 9.17) is 5.73 Å². The van der Waals surface area contributed by atoms with Gasteiger partial charge >= 0.3 is 0 Å². The zero-order valence-electron chi connectivity index (χ0n) is 10.6. The summed E-state index contributed by atoms with van der Waals surface area (Å²) in [5.74, 6) is 0.393. The number of nitrogens with zero attached hydrogens (tertiary/aromatic N) is 2. The van der Waals surface area contributed by atoms with Crippen LogP contribution in [0.3, 0.4) is 0 Å². The minimum Gasteiger partial charge on any atom is -0.370 e. The Bertz CT molecular complexity index is 392. The molecule has 0 radical (unpaired) electrons. The normalized spacial score (nSPS) is 17.6. The lowest BCUT2D eigenvalue weighted by Crippen LogP contribution is -2.38. The molecule has 0 bridgehead atoms. The van der Waals surface area contributed by atoms with Crippen LogP contribution in [0.25, 0.3) is 0 Å². The summed E-state index contributed by atoms with van der Waals surface area (Å²) in [5.41, 5.74) is 6.98. The molecule has 0 atom stereocenters. The Kier molecular flexibility index (Phi) is 4.56. The Morgan fingerprint density at radius 3 is 2.33 bits per heavy atom. The van der Waals surface area contributed by atoms with Crippen molar-refractivity contribution in [1.29, 1.82) is 0 Å². The molecule has 98 valence electrons. The number of aliphatic imine (C=N–C) groups is 1. The van der Waals surface area contributed by atoms with Gasteiger partial charge in [0.2, 0.25) is 0 Å². The Morgan fingerprint density at radius 1 is 1.11 bits per heavy atom. The van der Waals surface area contributed by atoms with Gasteiger partial charge in [-0.1, -0.05) is 25.0 Å². The maximum Gasteiger partial charge on any atom is 0.191 e. The molecule has 0 spiro atoms. The molecular formula is C14H20FN3. The van der Waals surface area contributed by atoms with Gasteiger partial charge in [-0.25, -0.2) is 9.38 Å². The molecule has 1 fully saturated rings. The Balaban J connectivity index is 1.93. The van der Waals surface area contributed by atoms with Crippen LogP contribution in [0.15, 0.2) is 29.3 Å². The van der Waals surface area contributed by atoms with E-state index < -0.39 is 0 Å². The molecule has 2 N–H and O–H groups in total. The maximum absolute atomic E-state index is 12.8. The summed E-state index contributed by atoms with van der Waals surface area (Å²) in [6.07, 6.45) is 4.93. The second-order valence-corrected chi connectivity index (χ2v) is 4.70. The van der Waals surface area contributed by atoms with E-state index in [-0.39, 0.29) is 5.82 Å². The van der Waals surface area contributed by atoms with Gasteiger partial charge in [-0.3, -0.25) is 0 Å². The molecule has 1 aromatic rings. The monoisotopic (exact) mass is 249 g/mol. The van der Waals surface area contributed by atoms with E-state index in [0.29, 0.717) is 12.5 Å². The van der Waals surface area contributed by atoms with Gasteiger partial charge in [0.25, 0.3) is 0 Å². The van der Waals surface area contributed by atoms with E-state index in [1.165, 1.54) is 37.8 Å². The lowest BCUT2D eigenvalue weighted by Gasteiger charge is -2.21. The quantitative estimate of drug-likeness (QED) is 0.646. The molecule has 1 aliphatic heterocycles. The molecule has 0 saturated carbocycles. The average molecular weight is 249 g/mol. The Labute approximate surface area is 108 Å². The third-order valence-electron chi connectivity index (χ3n) is 3.27. The summed E-state index contributed by atoms with van der Waals surface area (Å²) in [6, 6.07) is 6.39. The highest BCUT2D eigenvalue weighted by Gasteiger charge is 2.10. The molecule has 1 saturated heterocycles. The third kappa shape index (κ3) is 3.72. The molecule has 1 heterocycles. The summed E-state index contributed by atoms with van der Waals surface area (Å²) < 4.78 is 12.8. The van der Waals surface area contributed by atoms with Crippen LogP contribution in [0.4, 0.5) is 4.39 Å². The van der Waals surface area contributed by atoms with Gasteiger partial charge in [-0.05, 0) is 30.5 Å². The molecule has 0 aliphatic carbocycles. The van der Waals surface area contributed by atoms with Crippen molar-refractivity contribution in [2.24, 2.45) is 10.7 Å². The number of guanidine groups is 1. The van der Waals surface area contributed by atoms with Crippen molar-refractivity contribution >= 4 is 5.96 Å². The number of hydrogen-bond donors (Lipinski definition) is 1. The zero-order chi connectivity index (χ0) is 12.8. The molecule has 0 amide bonds. The van der Waals surface area contributed by atoms with Gasteiger partial charge in [-0.2, -0.15) is 0 Å². The minimum absolute atomic E-state index is 0.219. The Morgan fingerprint density at radius 2 is 1.72 bits per heavy atom. The SMILES string of the molecule is NC(=NCc1ccc(F)cc1)N1CCCCCC1. The first-order valence-corrected chi connectivity index (χ1v) is 6.55. The predicted octanol–water partition coefficient (Wildman–Crippen LogP) is 2.52. The fourth-order valence-corrected chi connectivity index (χ4v) is 2.16. The second-order valence-electron chi connectivity index (χ2n) is 4.70. The lowest BCUT2D eigenvalue weighted by atomic mass is 10.2. The average Bonchev–Trinajstić information content (AvgIpc) is 2.66. The number of nitrogens with two attached hydrogens (primary N) is 1. The van der Waals surface area contributed by atoms with Gasteiger partial charge in [0.05, 0.1) is 6.54 Å². The van der Waals surface area contributed by atoms with Gasteiger partial charge in [0.15, 0.2) is 5.96 Å². The van der Waals surface area contributed by atoms with Crippen LogP contribution in [0.2, 0.25) is 0 Å². The molecule has 0 aromatic heterocycles. The van der Waals surface area contributed by atoms with Gasteiger partial charge in [0.1, 0.15) is 5.82 Å². The first-order chi connectivity index (χ1) is 8.75. The van der Waals surface area contributed by atoms with Crippen molar-refractivity contribution < 1.29 is 4.39 Å². The van der Waals surface area contributed by atoms with Crippen LogP contribution in [0.5, 0.6) is 0 Å². The van der Waals surface area contributed by atoms with Crippen molar-refractivity contribution in [2.75, 3.05) is 13.1 Å². The summed E-state index contributed by atoms with van der Waals surface area (Å²) in [4.78, 5) is 6.54. The topological polar surface area (TPSA) is 41.6 Å². The molecule has 1 aliphatic rings. The number of benzene rings is 1. The summed E-state index contributed by atoms with van der Waals surface area (Å²) in [5, 5.41) is 0. The fourth-order valence-electron chi connectivity index (χ4n) is 2.16. The van der Waals surface area contributed by atoms with E-state index in [1.54, 1.807) is 12.1 Å². The van der Waals surface area contributed by atoms with Crippen molar-refractivity contribution in [3.63, 3.8) is 0 Å². The zero-order valence-corrected chi connectivity index (χ0v) is 10.6. The van der Waals surface area contributed by atoms with E-state index >= 15 is 0 Å². The summed E-state index contributed by atoms with van der Waals surface area (Å²) >= 11 is 0. The van der Waals surface area contributed by atoms with Crippen LogP contribution >= 0.6 is 0 Å². The third-order valence-corrected chi connectivity index (χ3v) is 3.27. The van der Waals surface area contributed by atoms with Gasteiger partial charge in [-0.15, -0.1) is 0 Å². The first-order valence-electron chi connectivity index (χ1n) is 6.55. The molecule has 18 heavy (non-hydrogen) atoms. The number of likely N-dealkylation sites (tertiary alicyclic amines) is 1. The van der Waals surface area contributed by atoms with Gasteiger partial charge in [0, 0.05) is 13.1 Å². The van der Waals surface area contributed by atoms with E-state index in [0.717, 1.165) is 18.7 Å². The van der Waals surface area contributed by atoms with Crippen LogP contribution in [-0.2, 0) is 6.54 Å². The lowest BCUT2D eigenvalue weighted by molar-refractivity contribution is 0.428. The van der Waals surface area contributed by atoms with Crippen molar-refractivity contribution in [3.05, 3.63) is 35.6 Å². The first kappa shape index (κ1) is 12.9. The maximum atomic E-state index is 12.8. The molecular weight excluding hydrogens is 229 g/mol. The highest BCUT2D eigenvalue weighted by molar-refractivity contribution is 5.78. The van der Waals surface area contributed by atoms with E-state index in [1.807, 2.05) is 0 Å². The summed E-state index contributed by atoms with van der Waals surface area (Å²) in [7, 11) is 0. The standard InChI is InChI=1S/C14H20FN3/c15-13-7-5-12(6-8-13)11-17-14(16)18-9-3-1-2-4-10-18/h5-8H,1-4,9-11H2,(H2,16,17). The molecule has 3 nitrogen and oxygen atoms in total. The highest BCUT2D eigenvalue weighted by Crippen LogP contribution is 2.10. The fraction of sp³-hybridized carbons (Fsp3) is 0.500. The number of halogens is 1. The molecule has 1 aromatic carbocycles. The largest absolute Gasteiger partial charge is 0.370 e. The van der Waals surface area contributed by atoms with Crippen molar-refractivity contribution in [2.45, 2.75) is 32.2 Å². The summed E-state index contributed by atoms with van der Waals surface area (Å²) in [6.45, 7) is 2.51. The Hall–Kier alpha value is -1.58. The molecule has 0 unspecified atom stereocenters. The highest BCUT2D eigenvalue weighted by atomic mass is 19.1. The smallest absolute Gasteiger partial charge is 0.191 e. The number of rotatable bonds is 2. The van der Waals surface area contributed by atoms with Crippen LogP contribution in [0, 0.1) is 5.82 Å². The van der Waals surface area contributed by atoms with E-state index in [9.17, 15) is 4.39 Å². The van der Waals surface area contributed by atoms with E-state index in [2.05, 4.69) is 9.89 Å². The van der Waals surface area contributed by atoms with Gasteiger partial charge < -0.3 is 10.6 Å². The predicted molar refractivity (Wildman–Crippen MR) is 71.8 cm³/mol. The molecule has 4 heteroatoms. The van der Waals surface area contributed by atoms with Crippen LogP contribution in [0.1, 0.15) is 31.2 Å². The van der Waals surface area contributed by atoms with Crippen molar-refractivity contribution in [1.82, 2.24) is 4.90 Å².